The van der Waals surface area contributed by atoms with Crippen LogP contribution in [0.15, 0.2) is 36.8 Å². The van der Waals surface area contributed by atoms with Crippen molar-refractivity contribution in [3.05, 3.63) is 59.2 Å². The van der Waals surface area contributed by atoms with Gasteiger partial charge in [-0.1, -0.05) is 12.1 Å². The van der Waals surface area contributed by atoms with Gasteiger partial charge in [0.15, 0.2) is 0 Å². The highest BCUT2D eigenvalue weighted by molar-refractivity contribution is 5.31. The Kier molecular flexibility index (Phi) is 5.02. The standard InChI is InChI=1S/C17H20N4/c1-12(8-15-4-6-16(9-18)7-5-15)21-14(3)17-10-19-11-20-13(17)2/h4-7,10-12,14,21H,8H2,1-3H3. The van der Waals surface area contributed by atoms with Gasteiger partial charge in [-0.05, 0) is 44.9 Å². The first-order chi connectivity index (χ1) is 10.1. The normalized spacial score (nSPS) is 13.4. The number of nitrogens with one attached hydrogen (secondary N) is 1. The molecule has 4 heteroatoms. The zero-order chi connectivity index (χ0) is 15.2. The van der Waals surface area contributed by atoms with Gasteiger partial charge in [-0.3, -0.25) is 0 Å². The van der Waals surface area contributed by atoms with Gasteiger partial charge in [0.1, 0.15) is 6.33 Å². The maximum atomic E-state index is 8.81. The summed E-state index contributed by atoms with van der Waals surface area (Å²) >= 11 is 0. The van der Waals surface area contributed by atoms with E-state index in [1.54, 1.807) is 6.33 Å². The third kappa shape index (κ3) is 4.11. The number of nitriles is 1. The van der Waals surface area contributed by atoms with Crippen LogP contribution < -0.4 is 5.32 Å². The van der Waals surface area contributed by atoms with Crippen LogP contribution in [-0.4, -0.2) is 16.0 Å². The van der Waals surface area contributed by atoms with Crippen molar-refractivity contribution in [2.24, 2.45) is 0 Å². The van der Waals surface area contributed by atoms with Gasteiger partial charge >= 0.3 is 0 Å². The Bertz CT molecular complexity index is 628. The second-order valence-corrected chi connectivity index (χ2v) is 5.37. The van der Waals surface area contributed by atoms with Crippen molar-refractivity contribution in [1.29, 1.82) is 5.26 Å². The van der Waals surface area contributed by atoms with Crippen LogP contribution in [0.3, 0.4) is 0 Å². The molecule has 0 amide bonds. The largest absolute Gasteiger partial charge is 0.307 e. The second-order valence-electron chi connectivity index (χ2n) is 5.37. The average Bonchev–Trinajstić information content (AvgIpc) is 2.48. The molecule has 0 fully saturated rings. The molecule has 1 aromatic carbocycles. The van der Waals surface area contributed by atoms with E-state index in [1.165, 1.54) is 5.56 Å². The number of aryl methyl sites for hydroxylation is 1. The van der Waals surface area contributed by atoms with E-state index in [0.29, 0.717) is 11.6 Å². The number of aromatic nitrogens is 2. The fourth-order valence-electron chi connectivity index (χ4n) is 2.47. The molecule has 0 saturated heterocycles. The fourth-order valence-corrected chi connectivity index (χ4v) is 2.47. The Labute approximate surface area is 125 Å². The average molecular weight is 280 g/mol. The molecule has 0 bridgehead atoms. The van der Waals surface area contributed by atoms with Crippen LogP contribution >= 0.6 is 0 Å². The maximum absolute atomic E-state index is 8.81. The SMILES string of the molecule is Cc1ncncc1C(C)NC(C)Cc1ccc(C#N)cc1. The molecule has 1 aromatic heterocycles. The number of nitrogens with zero attached hydrogens (tertiary/aromatic N) is 3. The fraction of sp³-hybridized carbons (Fsp3) is 0.353. The molecule has 0 spiro atoms. The summed E-state index contributed by atoms with van der Waals surface area (Å²) in [5.41, 5.74) is 4.06. The van der Waals surface area contributed by atoms with Crippen LogP contribution in [0.4, 0.5) is 0 Å². The molecule has 108 valence electrons. The quantitative estimate of drug-likeness (QED) is 0.914. The first-order valence-electron chi connectivity index (χ1n) is 7.11. The zero-order valence-corrected chi connectivity index (χ0v) is 12.7. The topological polar surface area (TPSA) is 61.6 Å². The van der Waals surface area contributed by atoms with E-state index in [-0.39, 0.29) is 6.04 Å². The van der Waals surface area contributed by atoms with Crippen molar-refractivity contribution in [2.45, 2.75) is 39.3 Å². The molecule has 2 unspecified atom stereocenters. The van der Waals surface area contributed by atoms with Crippen molar-refractivity contribution < 1.29 is 0 Å². The monoisotopic (exact) mass is 280 g/mol. The maximum Gasteiger partial charge on any atom is 0.115 e. The van der Waals surface area contributed by atoms with E-state index in [0.717, 1.165) is 17.7 Å². The minimum Gasteiger partial charge on any atom is -0.307 e. The number of rotatable bonds is 5. The number of hydrogen-bond donors (Lipinski definition) is 1. The van der Waals surface area contributed by atoms with E-state index in [2.05, 4.69) is 35.2 Å². The molecule has 0 aliphatic carbocycles. The highest BCUT2D eigenvalue weighted by Gasteiger charge is 2.12. The molecule has 0 aliphatic heterocycles. The molecule has 1 N–H and O–H groups in total. The van der Waals surface area contributed by atoms with E-state index in [1.807, 2.05) is 37.4 Å². The van der Waals surface area contributed by atoms with Crippen molar-refractivity contribution in [1.82, 2.24) is 15.3 Å². The Morgan fingerprint density at radius 2 is 1.95 bits per heavy atom. The summed E-state index contributed by atoms with van der Waals surface area (Å²) in [6.45, 7) is 6.29. The van der Waals surface area contributed by atoms with Gasteiger partial charge in [-0.15, -0.1) is 0 Å². The number of benzene rings is 1. The van der Waals surface area contributed by atoms with E-state index in [4.69, 9.17) is 5.26 Å². The minimum atomic E-state index is 0.208. The molecule has 21 heavy (non-hydrogen) atoms. The van der Waals surface area contributed by atoms with Crippen LogP contribution in [0.25, 0.3) is 0 Å². The summed E-state index contributed by atoms with van der Waals surface area (Å²) in [6.07, 6.45) is 4.36. The van der Waals surface area contributed by atoms with E-state index < -0.39 is 0 Å². The summed E-state index contributed by atoms with van der Waals surface area (Å²) < 4.78 is 0. The molecule has 2 atom stereocenters. The molecule has 2 aromatic rings. The van der Waals surface area contributed by atoms with Crippen molar-refractivity contribution in [2.75, 3.05) is 0 Å². The van der Waals surface area contributed by atoms with Gasteiger partial charge in [0, 0.05) is 29.5 Å². The van der Waals surface area contributed by atoms with Crippen molar-refractivity contribution in [3.63, 3.8) is 0 Å². The lowest BCUT2D eigenvalue weighted by atomic mass is 10.0. The smallest absolute Gasteiger partial charge is 0.115 e. The molecular weight excluding hydrogens is 260 g/mol. The minimum absolute atomic E-state index is 0.208. The van der Waals surface area contributed by atoms with Gasteiger partial charge in [0.25, 0.3) is 0 Å². The van der Waals surface area contributed by atoms with E-state index in [9.17, 15) is 0 Å². The zero-order valence-electron chi connectivity index (χ0n) is 12.7. The lowest BCUT2D eigenvalue weighted by Gasteiger charge is -2.21. The lowest BCUT2D eigenvalue weighted by molar-refractivity contribution is 0.474. The first kappa shape index (κ1) is 15.1. The van der Waals surface area contributed by atoms with Gasteiger partial charge < -0.3 is 5.32 Å². The first-order valence-corrected chi connectivity index (χ1v) is 7.11. The molecule has 1 heterocycles. The predicted octanol–water partition coefficient (Wildman–Crippen LogP) is 2.94. The molecular formula is C17H20N4. The van der Waals surface area contributed by atoms with Gasteiger partial charge in [-0.25, -0.2) is 9.97 Å². The Morgan fingerprint density at radius 3 is 2.57 bits per heavy atom. The highest BCUT2D eigenvalue weighted by atomic mass is 14.9. The van der Waals surface area contributed by atoms with Crippen molar-refractivity contribution in [3.8, 4) is 6.07 Å². The highest BCUT2D eigenvalue weighted by Crippen LogP contribution is 2.15. The molecule has 0 saturated carbocycles. The van der Waals surface area contributed by atoms with Crippen LogP contribution in [0.1, 0.15) is 42.3 Å². The van der Waals surface area contributed by atoms with Crippen LogP contribution in [0.2, 0.25) is 0 Å². The summed E-state index contributed by atoms with van der Waals surface area (Å²) in [7, 11) is 0. The Balaban J connectivity index is 1.96. The van der Waals surface area contributed by atoms with Gasteiger partial charge in [0.2, 0.25) is 0 Å². The van der Waals surface area contributed by atoms with Crippen LogP contribution in [0.5, 0.6) is 0 Å². The third-order valence-corrected chi connectivity index (χ3v) is 3.58. The van der Waals surface area contributed by atoms with Crippen molar-refractivity contribution >= 4 is 0 Å². The molecule has 0 radical (unpaired) electrons. The Morgan fingerprint density at radius 1 is 1.24 bits per heavy atom. The summed E-state index contributed by atoms with van der Waals surface area (Å²) in [5.74, 6) is 0. The Hall–Kier alpha value is -2.25. The van der Waals surface area contributed by atoms with Crippen LogP contribution in [-0.2, 0) is 6.42 Å². The molecule has 0 aliphatic rings. The predicted molar refractivity (Wildman–Crippen MR) is 82.6 cm³/mol. The van der Waals surface area contributed by atoms with Crippen LogP contribution in [0, 0.1) is 18.3 Å². The third-order valence-electron chi connectivity index (χ3n) is 3.58. The molecule has 2 rings (SSSR count). The van der Waals surface area contributed by atoms with E-state index >= 15 is 0 Å². The number of hydrogen-bond acceptors (Lipinski definition) is 4. The summed E-state index contributed by atoms with van der Waals surface area (Å²) in [6, 6.07) is 10.4. The van der Waals surface area contributed by atoms with Gasteiger partial charge in [0.05, 0.1) is 11.6 Å². The second kappa shape index (κ2) is 6.96. The van der Waals surface area contributed by atoms with Gasteiger partial charge in [-0.2, -0.15) is 5.26 Å². The lowest BCUT2D eigenvalue weighted by Crippen LogP contribution is -2.31. The molecule has 4 nitrogen and oxygen atoms in total. The summed E-state index contributed by atoms with van der Waals surface area (Å²) in [5, 5.41) is 12.4. The summed E-state index contributed by atoms with van der Waals surface area (Å²) in [4.78, 5) is 8.32.